The number of hydrogen-bond donors (Lipinski definition) is 3. The van der Waals surface area contributed by atoms with Crippen molar-refractivity contribution >= 4 is 11.6 Å². The average Bonchev–Trinajstić information content (AvgIpc) is 2.69. The van der Waals surface area contributed by atoms with E-state index in [0.717, 1.165) is 18.2 Å². The van der Waals surface area contributed by atoms with Crippen LogP contribution in [-0.2, 0) is 0 Å². The monoisotopic (exact) mass is 250 g/mol. The summed E-state index contributed by atoms with van der Waals surface area (Å²) in [5.41, 5.74) is 7.28. The van der Waals surface area contributed by atoms with E-state index in [1.807, 2.05) is 6.92 Å². The van der Waals surface area contributed by atoms with E-state index in [1.54, 1.807) is 0 Å². The van der Waals surface area contributed by atoms with Crippen LogP contribution in [0.5, 0.6) is 0 Å². The molecule has 0 spiro atoms. The number of anilines is 1. The lowest BCUT2D eigenvalue weighted by molar-refractivity contribution is 0.0937. The van der Waals surface area contributed by atoms with Gasteiger partial charge >= 0.3 is 0 Å². The van der Waals surface area contributed by atoms with Crippen LogP contribution < -0.4 is 11.1 Å². The van der Waals surface area contributed by atoms with Gasteiger partial charge in [0.2, 0.25) is 0 Å². The SMILES string of the molecule is Cc1[nH]nc(C(=O)NCC2CCC(C)CC2)c1N. The number of nitrogens with zero attached hydrogens (tertiary/aromatic N) is 1. The van der Waals surface area contributed by atoms with Crippen molar-refractivity contribution in [2.24, 2.45) is 11.8 Å². The summed E-state index contributed by atoms with van der Waals surface area (Å²) in [4.78, 5) is 11.9. The van der Waals surface area contributed by atoms with E-state index in [4.69, 9.17) is 5.73 Å². The molecule has 1 aromatic rings. The Morgan fingerprint density at radius 3 is 2.67 bits per heavy atom. The van der Waals surface area contributed by atoms with Gasteiger partial charge < -0.3 is 11.1 Å². The molecule has 18 heavy (non-hydrogen) atoms. The number of amides is 1. The fourth-order valence-electron chi connectivity index (χ4n) is 2.46. The Kier molecular flexibility index (Phi) is 3.89. The number of carbonyl (C=O) groups is 1. The molecule has 1 fully saturated rings. The van der Waals surface area contributed by atoms with E-state index in [2.05, 4.69) is 22.4 Å². The number of nitrogens with two attached hydrogens (primary N) is 1. The predicted octanol–water partition coefficient (Wildman–Crippen LogP) is 1.86. The number of rotatable bonds is 3. The molecule has 4 N–H and O–H groups in total. The Morgan fingerprint density at radius 1 is 1.44 bits per heavy atom. The zero-order valence-corrected chi connectivity index (χ0v) is 11.1. The molecule has 1 heterocycles. The molecule has 1 aliphatic rings. The van der Waals surface area contributed by atoms with Gasteiger partial charge in [-0.25, -0.2) is 0 Å². The number of aromatic nitrogens is 2. The molecule has 1 aromatic heterocycles. The van der Waals surface area contributed by atoms with Crippen LogP contribution in [0.4, 0.5) is 5.69 Å². The van der Waals surface area contributed by atoms with Crippen molar-refractivity contribution in [1.82, 2.24) is 15.5 Å². The third-order valence-corrected chi connectivity index (χ3v) is 3.90. The molecule has 1 amide bonds. The molecule has 0 radical (unpaired) electrons. The molecule has 1 saturated carbocycles. The quantitative estimate of drug-likeness (QED) is 0.765. The Morgan fingerprint density at radius 2 is 2.11 bits per heavy atom. The van der Waals surface area contributed by atoms with Crippen LogP contribution in [0.1, 0.15) is 48.8 Å². The minimum Gasteiger partial charge on any atom is -0.395 e. The van der Waals surface area contributed by atoms with E-state index < -0.39 is 0 Å². The van der Waals surface area contributed by atoms with Crippen molar-refractivity contribution in [3.8, 4) is 0 Å². The Balaban J connectivity index is 1.83. The molecule has 5 nitrogen and oxygen atoms in total. The van der Waals surface area contributed by atoms with E-state index in [-0.39, 0.29) is 5.91 Å². The molecule has 0 unspecified atom stereocenters. The van der Waals surface area contributed by atoms with Gasteiger partial charge in [-0.1, -0.05) is 19.8 Å². The van der Waals surface area contributed by atoms with Crippen molar-refractivity contribution in [3.63, 3.8) is 0 Å². The topological polar surface area (TPSA) is 83.8 Å². The number of aromatic amines is 1. The smallest absolute Gasteiger partial charge is 0.273 e. The first kappa shape index (κ1) is 12.9. The molecule has 0 bridgehead atoms. The molecule has 0 saturated heterocycles. The fourth-order valence-corrected chi connectivity index (χ4v) is 2.46. The molecule has 100 valence electrons. The maximum atomic E-state index is 11.9. The lowest BCUT2D eigenvalue weighted by Crippen LogP contribution is -2.31. The Bertz CT molecular complexity index is 419. The molecule has 0 aliphatic heterocycles. The highest BCUT2D eigenvalue weighted by atomic mass is 16.1. The third kappa shape index (κ3) is 2.83. The van der Waals surface area contributed by atoms with E-state index in [1.165, 1.54) is 25.7 Å². The van der Waals surface area contributed by atoms with Crippen LogP contribution in [-0.4, -0.2) is 22.6 Å². The van der Waals surface area contributed by atoms with Gasteiger partial charge in [-0.2, -0.15) is 5.10 Å². The van der Waals surface area contributed by atoms with Gasteiger partial charge in [0.15, 0.2) is 5.69 Å². The van der Waals surface area contributed by atoms with E-state index in [0.29, 0.717) is 17.3 Å². The summed E-state index contributed by atoms with van der Waals surface area (Å²) in [7, 11) is 0. The second-order valence-corrected chi connectivity index (χ2v) is 5.45. The highest BCUT2D eigenvalue weighted by molar-refractivity contribution is 5.97. The first-order valence-corrected chi connectivity index (χ1v) is 6.66. The summed E-state index contributed by atoms with van der Waals surface area (Å²) in [6, 6.07) is 0. The highest BCUT2D eigenvalue weighted by Crippen LogP contribution is 2.27. The maximum Gasteiger partial charge on any atom is 0.273 e. The van der Waals surface area contributed by atoms with Gasteiger partial charge in [0.25, 0.3) is 5.91 Å². The molecular formula is C13H22N4O. The standard InChI is InChI=1S/C13H22N4O/c1-8-3-5-10(6-4-8)7-15-13(18)12-11(14)9(2)16-17-12/h8,10H,3-7,14H2,1-2H3,(H,15,18)(H,16,17). The lowest BCUT2D eigenvalue weighted by Gasteiger charge is -2.26. The first-order chi connectivity index (χ1) is 8.58. The number of H-pyrrole nitrogens is 1. The normalized spacial score (nSPS) is 23.9. The number of nitrogen functional groups attached to an aromatic ring is 1. The maximum absolute atomic E-state index is 11.9. The van der Waals surface area contributed by atoms with Crippen LogP contribution in [0, 0.1) is 18.8 Å². The van der Waals surface area contributed by atoms with Crippen LogP contribution >= 0.6 is 0 Å². The largest absolute Gasteiger partial charge is 0.395 e. The minimum atomic E-state index is -0.171. The zero-order chi connectivity index (χ0) is 13.1. The van der Waals surface area contributed by atoms with E-state index in [9.17, 15) is 4.79 Å². The highest BCUT2D eigenvalue weighted by Gasteiger charge is 2.20. The molecular weight excluding hydrogens is 228 g/mol. The molecule has 1 aliphatic carbocycles. The average molecular weight is 250 g/mol. The van der Waals surface area contributed by atoms with Gasteiger partial charge in [0.05, 0.1) is 11.4 Å². The fraction of sp³-hybridized carbons (Fsp3) is 0.692. The van der Waals surface area contributed by atoms with Crippen molar-refractivity contribution in [2.75, 3.05) is 12.3 Å². The van der Waals surface area contributed by atoms with Crippen LogP contribution in [0.2, 0.25) is 0 Å². The number of nitrogens with one attached hydrogen (secondary N) is 2. The summed E-state index contributed by atoms with van der Waals surface area (Å²) in [6.45, 7) is 4.83. The Labute approximate surface area is 108 Å². The van der Waals surface area contributed by atoms with Gasteiger partial charge in [0, 0.05) is 6.54 Å². The second-order valence-electron chi connectivity index (χ2n) is 5.45. The molecule has 2 rings (SSSR count). The summed E-state index contributed by atoms with van der Waals surface area (Å²) in [6.07, 6.45) is 4.95. The van der Waals surface area contributed by atoms with Crippen molar-refractivity contribution in [1.29, 1.82) is 0 Å². The van der Waals surface area contributed by atoms with Crippen LogP contribution in [0.3, 0.4) is 0 Å². The zero-order valence-electron chi connectivity index (χ0n) is 11.1. The third-order valence-electron chi connectivity index (χ3n) is 3.90. The van der Waals surface area contributed by atoms with Gasteiger partial charge in [-0.05, 0) is 31.6 Å². The van der Waals surface area contributed by atoms with Gasteiger partial charge in [-0.3, -0.25) is 9.89 Å². The molecule has 5 heteroatoms. The van der Waals surface area contributed by atoms with Crippen molar-refractivity contribution in [3.05, 3.63) is 11.4 Å². The van der Waals surface area contributed by atoms with Crippen LogP contribution in [0.25, 0.3) is 0 Å². The van der Waals surface area contributed by atoms with Gasteiger partial charge in [0.1, 0.15) is 0 Å². The summed E-state index contributed by atoms with van der Waals surface area (Å²) in [5, 5.41) is 9.59. The molecule has 0 aromatic carbocycles. The molecule has 0 atom stereocenters. The van der Waals surface area contributed by atoms with Crippen LogP contribution in [0.15, 0.2) is 0 Å². The lowest BCUT2D eigenvalue weighted by atomic mass is 9.83. The summed E-state index contributed by atoms with van der Waals surface area (Å²) >= 11 is 0. The van der Waals surface area contributed by atoms with Gasteiger partial charge in [-0.15, -0.1) is 0 Å². The number of aryl methyl sites for hydroxylation is 1. The number of hydrogen-bond acceptors (Lipinski definition) is 3. The van der Waals surface area contributed by atoms with E-state index >= 15 is 0 Å². The predicted molar refractivity (Wildman–Crippen MR) is 71.2 cm³/mol. The summed E-state index contributed by atoms with van der Waals surface area (Å²) in [5.74, 6) is 1.27. The minimum absolute atomic E-state index is 0.171. The second kappa shape index (κ2) is 5.42. The van der Waals surface area contributed by atoms with Crippen molar-refractivity contribution < 1.29 is 4.79 Å². The summed E-state index contributed by atoms with van der Waals surface area (Å²) < 4.78 is 0. The number of carbonyl (C=O) groups excluding carboxylic acids is 1. The first-order valence-electron chi connectivity index (χ1n) is 6.66. The Hall–Kier alpha value is -1.52. The van der Waals surface area contributed by atoms with Crippen molar-refractivity contribution in [2.45, 2.75) is 39.5 Å².